The van der Waals surface area contributed by atoms with Crippen LogP contribution >= 0.6 is 0 Å². The van der Waals surface area contributed by atoms with E-state index >= 15 is 0 Å². The molecule has 0 spiro atoms. The summed E-state index contributed by atoms with van der Waals surface area (Å²) in [5.74, 6) is -0.589. The number of carbonyl (C=O) groups excluding carboxylic acids is 1. The lowest BCUT2D eigenvalue weighted by Gasteiger charge is -2.27. The third-order valence-corrected chi connectivity index (χ3v) is 7.40. The quantitative estimate of drug-likeness (QED) is 0.0787. The van der Waals surface area contributed by atoms with Crippen LogP contribution in [0.15, 0.2) is 12.2 Å². The largest absolute Gasteiger partial charge is 0.456 e. The first kappa shape index (κ1) is 35.0. The molecule has 8 nitrogen and oxygen atoms in total. The van der Waals surface area contributed by atoms with Crippen molar-refractivity contribution in [2.45, 2.75) is 172 Å². The van der Waals surface area contributed by atoms with Crippen molar-refractivity contribution in [1.29, 1.82) is 0 Å². The Hall–Kier alpha value is -1.03. The van der Waals surface area contributed by atoms with Gasteiger partial charge in [0.25, 0.3) is 0 Å². The molecule has 6 N–H and O–H groups in total. The fourth-order valence-electron chi connectivity index (χ4n) is 5.17. The van der Waals surface area contributed by atoms with E-state index in [0.717, 1.165) is 18.9 Å². The number of carbonyl (C=O) groups is 1. The third-order valence-electron chi connectivity index (χ3n) is 7.40. The van der Waals surface area contributed by atoms with Gasteiger partial charge >= 0.3 is 5.97 Å². The van der Waals surface area contributed by atoms with Crippen LogP contribution in [0.4, 0.5) is 0 Å². The summed E-state index contributed by atoms with van der Waals surface area (Å²) in [6, 6.07) is 0. The summed E-state index contributed by atoms with van der Waals surface area (Å²) in [5.41, 5.74) is 0. The van der Waals surface area contributed by atoms with Crippen LogP contribution in [0.5, 0.6) is 0 Å². The van der Waals surface area contributed by atoms with Gasteiger partial charge in [-0.25, -0.2) is 4.79 Å². The molecule has 0 aromatic heterocycles. The predicted octanol–water partition coefficient (Wildman–Crippen LogP) is 4.07. The van der Waals surface area contributed by atoms with Crippen molar-refractivity contribution in [3.63, 3.8) is 0 Å². The summed E-state index contributed by atoms with van der Waals surface area (Å²) in [6.07, 6.45) is 13.3. The monoisotopic (exact) mass is 544 g/mol. The smallest absolute Gasteiger partial charge is 0.330 e. The molecule has 1 rings (SSSR count). The Morgan fingerprint density at radius 2 is 1.08 bits per heavy atom. The van der Waals surface area contributed by atoms with Crippen LogP contribution in [0.25, 0.3) is 0 Å². The van der Waals surface area contributed by atoms with Crippen LogP contribution in [-0.2, 0) is 9.53 Å². The number of unbranched alkanes of at least 4 members (excludes halogenated alkanes) is 12. The topological polar surface area (TPSA) is 148 Å². The van der Waals surface area contributed by atoms with E-state index in [1.165, 1.54) is 76.7 Å². The number of rotatable bonds is 24. The molecular weight excluding hydrogens is 488 g/mol. The molecule has 0 aromatic carbocycles. The summed E-state index contributed by atoms with van der Waals surface area (Å²) < 4.78 is 4.98. The summed E-state index contributed by atoms with van der Waals surface area (Å²) in [7, 11) is 0. The summed E-state index contributed by atoms with van der Waals surface area (Å²) in [6.45, 7) is 2.25. The maximum atomic E-state index is 11.3. The zero-order chi connectivity index (χ0) is 28.2. The van der Waals surface area contributed by atoms with Crippen molar-refractivity contribution >= 4 is 5.97 Å². The van der Waals surface area contributed by atoms with Crippen LogP contribution in [0.2, 0.25) is 0 Å². The van der Waals surface area contributed by atoms with Crippen molar-refractivity contribution < 1.29 is 40.2 Å². The van der Waals surface area contributed by atoms with Crippen molar-refractivity contribution in [3.05, 3.63) is 12.2 Å². The second kappa shape index (κ2) is 21.8. The van der Waals surface area contributed by atoms with E-state index in [9.17, 15) is 35.4 Å². The molecule has 0 bridgehead atoms. The average Bonchev–Trinajstić information content (AvgIpc) is 2.83. The van der Waals surface area contributed by atoms with E-state index in [1.807, 2.05) is 0 Å². The highest BCUT2D eigenvalue weighted by Gasteiger charge is 2.28. The van der Waals surface area contributed by atoms with E-state index in [1.54, 1.807) is 0 Å². The van der Waals surface area contributed by atoms with E-state index in [4.69, 9.17) is 4.74 Å². The molecule has 7 atom stereocenters. The lowest BCUT2D eigenvalue weighted by molar-refractivity contribution is -0.151. The minimum Gasteiger partial charge on any atom is -0.456 e. The Morgan fingerprint density at radius 3 is 1.58 bits per heavy atom. The highest BCUT2D eigenvalue weighted by atomic mass is 16.6. The molecule has 8 heteroatoms. The molecule has 224 valence electrons. The molecule has 0 aliphatic carbocycles. The Morgan fingerprint density at radius 1 is 0.658 bits per heavy atom. The second-order valence-corrected chi connectivity index (χ2v) is 11.3. The van der Waals surface area contributed by atoms with Gasteiger partial charge in [0.05, 0.1) is 30.5 Å². The van der Waals surface area contributed by atoms with Crippen LogP contribution in [0.3, 0.4) is 0 Å². The van der Waals surface area contributed by atoms with E-state index < -0.39 is 48.7 Å². The van der Waals surface area contributed by atoms with Crippen LogP contribution in [0, 0.1) is 0 Å². The fraction of sp³-hybridized carbons (Fsp3) is 0.900. The molecule has 0 amide bonds. The molecule has 7 unspecified atom stereocenters. The molecule has 0 saturated carbocycles. The third kappa shape index (κ3) is 18.3. The fourth-order valence-corrected chi connectivity index (χ4v) is 5.17. The Bertz CT molecular complexity index is 613. The maximum absolute atomic E-state index is 11.3. The van der Waals surface area contributed by atoms with Gasteiger partial charge in [-0.15, -0.1) is 0 Å². The number of ether oxygens (including phenoxy) is 1. The Kier molecular flexibility index (Phi) is 20.0. The van der Waals surface area contributed by atoms with Gasteiger partial charge < -0.3 is 35.4 Å². The number of hydrogen-bond acceptors (Lipinski definition) is 8. The first-order valence-corrected chi connectivity index (χ1v) is 15.2. The molecule has 1 heterocycles. The minimum absolute atomic E-state index is 0.0294. The zero-order valence-electron chi connectivity index (χ0n) is 23.6. The average molecular weight is 545 g/mol. The SMILES string of the molecule is CCCCCCCCCCCCCCCC(O)CC(O)CC(O)CC(O)CC(O)CC1OC(=O)C=CC1O. The minimum atomic E-state index is -1.02. The normalized spacial score (nSPS) is 21.6. The summed E-state index contributed by atoms with van der Waals surface area (Å²) >= 11 is 0. The lowest BCUT2D eigenvalue weighted by atomic mass is 9.95. The van der Waals surface area contributed by atoms with Gasteiger partial charge in [-0.1, -0.05) is 90.4 Å². The van der Waals surface area contributed by atoms with Gasteiger partial charge in [-0.3, -0.25) is 0 Å². The molecule has 0 radical (unpaired) electrons. The molecule has 38 heavy (non-hydrogen) atoms. The van der Waals surface area contributed by atoms with Gasteiger partial charge in [0.1, 0.15) is 12.2 Å². The van der Waals surface area contributed by atoms with Crippen molar-refractivity contribution in [2.75, 3.05) is 0 Å². The second-order valence-electron chi connectivity index (χ2n) is 11.3. The van der Waals surface area contributed by atoms with E-state index in [2.05, 4.69) is 6.92 Å². The van der Waals surface area contributed by atoms with Crippen LogP contribution < -0.4 is 0 Å². The molecule has 0 fully saturated rings. The number of cyclic esters (lactones) is 1. The lowest BCUT2D eigenvalue weighted by Crippen LogP contribution is -2.37. The number of hydrogen-bond donors (Lipinski definition) is 6. The Labute approximate surface area is 230 Å². The highest BCUT2D eigenvalue weighted by Crippen LogP contribution is 2.20. The standard InChI is InChI=1S/C30H56O8/c1-2-3-4-5-6-7-8-9-10-11-12-13-14-15-23(31)18-24(32)19-25(33)20-26(34)21-27(35)22-29-28(36)16-17-30(37)38-29/h16-17,23-29,31-36H,2-15,18-22H2,1H3. The van der Waals surface area contributed by atoms with Crippen molar-refractivity contribution in [2.24, 2.45) is 0 Å². The van der Waals surface area contributed by atoms with Crippen LogP contribution in [0.1, 0.15) is 129 Å². The van der Waals surface area contributed by atoms with Gasteiger partial charge in [0.2, 0.25) is 0 Å². The van der Waals surface area contributed by atoms with E-state index in [0.29, 0.717) is 6.42 Å². The van der Waals surface area contributed by atoms with Crippen LogP contribution in [-0.4, -0.2) is 79.3 Å². The van der Waals surface area contributed by atoms with E-state index in [-0.39, 0.29) is 32.1 Å². The number of esters is 1. The van der Waals surface area contributed by atoms with Crippen molar-refractivity contribution in [3.8, 4) is 0 Å². The maximum Gasteiger partial charge on any atom is 0.330 e. The summed E-state index contributed by atoms with van der Waals surface area (Å²) in [4.78, 5) is 11.3. The summed E-state index contributed by atoms with van der Waals surface area (Å²) in [5, 5.41) is 60.8. The molecule has 1 aliphatic rings. The van der Waals surface area contributed by atoms with Gasteiger partial charge in [0.15, 0.2) is 0 Å². The molecule has 1 aliphatic heterocycles. The Balaban J connectivity index is 2.03. The highest BCUT2D eigenvalue weighted by molar-refractivity contribution is 5.83. The first-order chi connectivity index (χ1) is 18.2. The zero-order valence-corrected chi connectivity index (χ0v) is 23.6. The number of aliphatic hydroxyl groups excluding tert-OH is 6. The first-order valence-electron chi connectivity index (χ1n) is 15.2. The van der Waals surface area contributed by atoms with Gasteiger partial charge in [-0.2, -0.15) is 0 Å². The molecule has 0 saturated heterocycles. The van der Waals surface area contributed by atoms with Crippen molar-refractivity contribution in [1.82, 2.24) is 0 Å². The number of aliphatic hydroxyl groups is 6. The van der Waals surface area contributed by atoms with Gasteiger partial charge in [0, 0.05) is 12.5 Å². The molecule has 0 aromatic rings. The predicted molar refractivity (Wildman–Crippen MR) is 148 cm³/mol. The molecular formula is C30H56O8. The van der Waals surface area contributed by atoms with Gasteiger partial charge in [-0.05, 0) is 38.2 Å².